The van der Waals surface area contributed by atoms with Crippen molar-refractivity contribution in [2.75, 3.05) is 17.6 Å². The fourth-order valence-corrected chi connectivity index (χ4v) is 3.81. The highest BCUT2D eigenvalue weighted by Gasteiger charge is 2.22. The van der Waals surface area contributed by atoms with Gasteiger partial charge in [-0.25, -0.2) is 9.78 Å². The second-order valence-corrected chi connectivity index (χ2v) is 9.85. The molecule has 3 aromatic carbocycles. The predicted molar refractivity (Wildman–Crippen MR) is 141 cm³/mol. The number of nitrogens with two attached hydrogens (primary N) is 1. The molecule has 4 rings (SSSR count). The highest BCUT2D eigenvalue weighted by Crippen LogP contribution is 2.32. The average molecular weight is 502 g/mol. The van der Waals surface area contributed by atoms with Gasteiger partial charge >= 0.3 is 5.97 Å². The van der Waals surface area contributed by atoms with Crippen LogP contribution >= 0.6 is 0 Å². The Labute approximate surface area is 212 Å². The molecule has 2 amide bonds. The lowest BCUT2D eigenvalue weighted by Gasteiger charge is -2.19. The first-order valence-corrected chi connectivity index (χ1v) is 11.5. The molecule has 0 saturated heterocycles. The number of carboxylic acid groups (broad SMARTS) is 1. The van der Waals surface area contributed by atoms with Crippen LogP contribution in [0.5, 0.6) is 5.75 Å². The Morgan fingerprint density at radius 2 is 1.65 bits per heavy atom. The third-order valence-electron chi connectivity index (χ3n) is 5.59. The summed E-state index contributed by atoms with van der Waals surface area (Å²) in [5.41, 5.74) is 7.82. The molecule has 1 aromatic heterocycles. The van der Waals surface area contributed by atoms with Gasteiger partial charge in [-0.2, -0.15) is 0 Å². The van der Waals surface area contributed by atoms with E-state index in [4.69, 9.17) is 5.73 Å². The molecule has 10 heteroatoms. The van der Waals surface area contributed by atoms with Crippen molar-refractivity contribution in [3.63, 3.8) is 0 Å². The van der Waals surface area contributed by atoms with Gasteiger partial charge in [0.15, 0.2) is 5.95 Å². The van der Waals surface area contributed by atoms with E-state index in [1.807, 2.05) is 20.8 Å². The summed E-state index contributed by atoms with van der Waals surface area (Å²) < 4.78 is 0. The van der Waals surface area contributed by atoms with Gasteiger partial charge in [0.2, 0.25) is 0 Å². The molecule has 4 aromatic rings. The molecule has 0 spiro atoms. The first kappa shape index (κ1) is 25.2. The lowest BCUT2D eigenvalue weighted by Crippen LogP contribution is -2.32. The molecule has 190 valence electrons. The zero-order valence-corrected chi connectivity index (χ0v) is 20.5. The van der Waals surface area contributed by atoms with Crippen molar-refractivity contribution in [2.45, 2.75) is 20.8 Å². The minimum Gasteiger partial charge on any atom is -0.508 e. The van der Waals surface area contributed by atoms with Crippen LogP contribution in [0.1, 0.15) is 51.8 Å². The number of hydrogen-bond acceptors (Lipinski definition) is 6. The van der Waals surface area contributed by atoms with Gasteiger partial charge in [-0.1, -0.05) is 26.8 Å². The molecule has 0 radical (unpaired) electrons. The molecule has 0 fully saturated rings. The van der Waals surface area contributed by atoms with Crippen LogP contribution in [0.15, 0.2) is 54.6 Å². The molecule has 10 nitrogen and oxygen atoms in total. The summed E-state index contributed by atoms with van der Waals surface area (Å²) in [5.74, 6) is -2.16. The summed E-state index contributed by atoms with van der Waals surface area (Å²) in [7, 11) is 0. The molecule has 37 heavy (non-hydrogen) atoms. The van der Waals surface area contributed by atoms with E-state index in [0.29, 0.717) is 23.3 Å². The minimum atomic E-state index is -1.26. The highest BCUT2D eigenvalue weighted by atomic mass is 16.4. The Balaban J connectivity index is 1.69. The van der Waals surface area contributed by atoms with Gasteiger partial charge < -0.3 is 31.6 Å². The Morgan fingerprint density at radius 1 is 0.946 bits per heavy atom. The number of carboxylic acids is 1. The summed E-state index contributed by atoms with van der Waals surface area (Å²) in [6.45, 7) is 6.33. The number of amides is 2. The van der Waals surface area contributed by atoms with Gasteiger partial charge in [0.05, 0.1) is 22.2 Å². The maximum absolute atomic E-state index is 13.3. The molecule has 0 unspecified atom stereocenters. The fourth-order valence-electron chi connectivity index (χ4n) is 3.81. The molecule has 0 aliphatic heterocycles. The number of benzene rings is 3. The van der Waals surface area contributed by atoms with Crippen molar-refractivity contribution in [1.82, 2.24) is 15.3 Å². The Morgan fingerprint density at radius 3 is 2.35 bits per heavy atom. The van der Waals surface area contributed by atoms with E-state index >= 15 is 0 Å². The number of aromatic amines is 1. The number of H-pyrrole nitrogens is 1. The molecule has 1 heterocycles. The third kappa shape index (κ3) is 5.69. The number of aromatic hydroxyl groups is 1. The normalized spacial score (nSPS) is 11.3. The second-order valence-electron chi connectivity index (χ2n) is 9.85. The van der Waals surface area contributed by atoms with Crippen LogP contribution in [-0.4, -0.2) is 44.5 Å². The standard InChI is InChI=1S/C27H27N5O5/c1-27(2,3)13-29-23(34)14-4-7-18(20(10-14)25(36)37)17-8-6-16(33)12-19(17)24(35)30-15-5-9-21-22(11-15)32-26(28)31-21/h4-12,33H,13H2,1-3H3,(H,29,34)(H,30,35)(H,36,37)(H3,28,31,32). The summed E-state index contributed by atoms with van der Waals surface area (Å²) in [6, 6.07) is 13.3. The number of imidazole rings is 1. The van der Waals surface area contributed by atoms with Crippen LogP contribution in [-0.2, 0) is 0 Å². The van der Waals surface area contributed by atoms with Gasteiger partial charge in [0.1, 0.15) is 5.75 Å². The number of carbonyl (C=O) groups excluding carboxylic acids is 2. The van der Waals surface area contributed by atoms with Gasteiger partial charge in [-0.05, 0) is 65.1 Å². The smallest absolute Gasteiger partial charge is 0.336 e. The number of nitrogens with one attached hydrogen (secondary N) is 3. The third-order valence-corrected chi connectivity index (χ3v) is 5.59. The summed E-state index contributed by atoms with van der Waals surface area (Å²) in [5, 5.41) is 25.6. The first-order chi connectivity index (χ1) is 17.4. The molecule has 0 saturated carbocycles. The van der Waals surface area contributed by atoms with Crippen LogP contribution < -0.4 is 16.4 Å². The largest absolute Gasteiger partial charge is 0.508 e. The van der Waals surface area contributed by atoms with E-state index in [9.17, 15) is 24.6 Å². The molecule has 0 atom stereocenters. The van der Waals surface area contributed by atoms with Crippen molar-refractivity contribution in [2.24, 2.45) is 5.41 Å². The van der Waals surface area contributed by atoms with Crippen LogP contribution in [0.3, 0.4) is 0 Å². The number of carbonyl (C=O) groups is 3. The lowest BCUT2D eigenvalue weighted by atomic mass is 9.92. The lowest BCUT2D eigenvalue weighted by molar-refractivity contribution is 0.0697. The van der Waals surface area contributed by atoms with Crippen LogP contribution in [0.4, 0.5) is 11.6 Å². The number of phenolic OH excluding ortho intramolecular Hbond substituents is 1. The van der Waals surface area contributed by atoms with Crippen molar-refractivity contribution in [3.05, 3.63) is 71.3 Å². The number of anilines is 2. The van der Waals surface area contributed by atoms with Crippen LogP contribution in [0.2, 0.25) is 0 Å². The average Bonchev–Trinajstić information content (AvgIpc) is 3.21. The number of rotatable bonds is 6. The number of aromatic nitrogens is 2. The zero-order chi connectivity index (χ0) is 26.9. The molecule has 0 aliphatic rings. The van der Waals surface area contributed by atoms with Gasteiger partial charge in [0, 0.05) is 17.8 Å². The number of nitrogen functional groups attached to an aromatic ring is 1. The van der Waals surface area contributed by atoms with E-state index in [1.54, 1.807) is 18.2 Å². The van der Waals surface area contributed by atoms with E-state index in [0.717, 1.165) is 0 Å². The Bertz CT molecular complexity index is 1530. The SMILES string of the molecule is CC(C)(C)CNC(=O)c1ccc(-c2ccc(O)cc2C(=O)Nc2ccc3nc(N)[nH]c3c2)c(C(=O)O)c1. The Hall–Kier alpha value is -4.86. The molecular formula is C27H27N5O5. The predicted octanol–water partition coefficient (Wildman–Crippen LogP) is 4.24. The van der Waals surface area contributed by atoms with Gasteiger partial charge in [0.25, 0.3) is 11.8 Å². The summed E-state index contributed by atoms with van der Waals surface area (Å²) in [6.07, 6.45) is 0. The number of fused-ring (bicyclic) bond motifs is 1. The monoisotopic (exact) mass is 501 g/mol. The maximum atomic E-state index is 13.3. The minimum absolute atomic E-state index is 0.0525. The van der Waals surface area contributed by atoms with E-state index < -0.39 is 17.8 Å². The highest BCUT2D eigenvalue weighted by molar-refractivity contribution is 6.11. The van der Waals surface area contributed by atoms with E-state index in [-0.39, 0.29) is 44.9 Å². The number of nitrogens with zero attached hydrogens (tertiary/aromatic N) is 1. The number of phenols is 1. The molecular weight excluding hydrogens is 474 g/mol. The zero-order valence-electron chi connectivity index (χ0n) is 20.5. The molecule has 7 N–H and O–H groups in total. The fraction of sp³-hybridized carbons (Fsp3) is 0.185. The molecule has 0 bridgehead atoms. The Kier molecular flexibility index (Phi) is 6.58. The van der Waals surface area contributed by atoms with Crippen LogP contribution in [0, 0.1) is 5.41 Å². The van der Waals surface area contributed by atoms with Crippen molar-refractivity contribution in [3.8, 4) is 16.9 Å². The molecule has 0 aliphatic carbocycles. The van der Waals surface area contributed by atoms with Crippen molar-refractivity contribution >= 4 is 40.5 Å². The topological polar surface area (TPSA) is 170 Å². The maximum Gasteiger partial charge on any atom is 0.336 e. The van der Waals surface area contributed by atoms with Gasteiger partial charge in [-0.3, -0.25) is 9.59 Å². The van der Waals surface area contributed by atoms with Crippen molar-refractivity contribution in [1.29, 1.82) is 0 Å². The number of aromatic carboxylic acids is 1. The number of hydrogen-bond donors (Lipinski definition) is 6. The van der Waals surface area contributed by atoms with Crippen molar-refractivity contribution < 1.29 is 24.6 Å². The van der Waals surface area contributed by atoms with Crippen LogP contribution in [0.25, 0.3) is 22.2 Å². The van der Waals surface area contributed by atoms with Gasteiger partial charge in [-0.15, -0.1) is 0 Å². The quantitative estimate of drug-likeness (QED) is 0.229. The summed E-state index contributed by atoms with van der Waals surface area (Å²) in [4.78, 5) is 45.0. The second kappa shape index (κ2) is 9.65. The summed E-state index contributed by atoms with van der Waals surface area (Å²) >= 11 is 0. The van der Waals surface area contributed by atoms with E-state index in [2.05, 4.69) is 20.6 Å². The van der Waals surface area contributed by atoms with E-state index in [1.165, 1.54) is 36.4 Å². The first-order valence-electron chi connectivity index (χ1n) is 11.5.